The van der Waals surface area contributed by atoms with Crippen LogP contribution in [-0.4, -0.2) is 28.0 Å². The van der Waals surface area contributed by atoms with Crippen LogP contribution in [0, 0.1) is 5.92 Å². The van der Waals surface area contributed by atoms with E-state index in [2.05, 4.69) is 9.97 Å². The first-order valence-electron chi connectivity index (χ1n) is 11.0. The minimum absolute atomic E-state index is 0.0306. The van der Waals surface area contributed by atoms with Crippen LogP contribution in [0.3, 0.4) is 0 Å². The molecule has 2 unspecified atom stereocenters. The maximum absolute atomic E-state index is 12.9. The molecule has 1 aromatic rings. The van der Waals surface area contributed by atoms with Crippen molar-refractivity contribution in [3.8, 4) is 0 Å². The van der Waals surface area contributed by atoms with Gasteiger partial charge in [0.2, 0.25) is 0 Å². The maximum Gasteiger partial charge on any atom is 0.416 e. The predicted octanol–water partition coefficient (Wildman–Crippen LogP) is 6.33. The monoisotopic (exact) mass is 461 g/mol. The summed E-state index contributed by atoms with van der Waals surface area (Å²) in [5.41, 5.74) is 7.67. The summed E-state index contributed by atoms with van der Waals surface area (Å²) in [6.07, 6.45) is 14.7. The molecule has 0 bridgehead atoms. The molecule has 3 N–H and O–H groups in total. The van der Waals surface area contributed by atoms with Crippen LogP contribution in [0.5, 0.6) is 0 Å². The third-order valence-corrected chi connectivity index (χ3v) is 4.72. The Bertz CT molecular complexity index is 917. The number of H-pyrrole nitrogens is 1. The fraction of sp³-hybridized carbons (Fsp3) is 0.385. The number of carbonyl (C=O) groups excluding carboxylic acids is 1. The molecule has 4 nitrogen and oxygen atoms in total. The molecule has 1 heterocycles. The number of nitrogens with two attached hydrogens (primary N) is 1. The number of halogens is 3. The van der Waals surface area contributed by atoms with Crippen molar-refractivity contribution in [2.75, 3.05) is 0 Å². The van der Waals surface area contributed by atoms with Crippen LogP contribution >= 0.6 is 0 Å². The minimum Gasteiger partial charge on any atom is -0.351 e. The second-order valence-electron chi connectivity index (χ2n) is 7.81. The Morgan fingerprint density at radius 2 is 1.91 bits per heavy atom. The number of nitrogens with zero attached hydrogens (tertiary/aromatic N) is 1. The molecule has 180 valence electrons. The van der Waals surface area contributed by atoms with Crippen molar-refractivity contribution in [3.63, 3.8) is 0 Å². The zero-order valence-electron chi connectivity index (χ0n) is 19.7. The first kappa shape index (κ1) is 28.1. The number of imidazole rings is 1. The van der Waals surface area contributed by atoms with Crippen LogP contribution in [0.25, 0.3) is 0 Å². The summed E-state index contributed by atoms with van der Waals surface area (Å²) >= 11 is 0. The summed E-state index contributed by atoms with van der Waals surface area (Å²) in [4.78, 5) is 19.5. The molecule has 0 aliphatic heterocycles. The lowest BCUT2D eigenvalue weighted by atomic mass is 9.99. The smallest absolute Gasteiger partial charge is 0.351 e. The Labute approximate surface area is 194 Å². The topological polar surface area (TPSA) is 71.8 Å². The van der Waals surface area contributed by atoms with Gasteiger partial charge in [-0.15, -0.1) is 0 Å². The van der Waals surface area contributed by atoms with Gasteiger partial charge >= 0.3 is 6.18 Å². The van der Waals surface area contributed by atoms with Gasteiger partial charge in [0.1, 0.15) is 0 Å². The van der Waals surface area contributed by atoms with E-state index in [1.807, 2.05) is 38.2 Å². The molecule has 7 heteroatoms. The standard InChI is InChI=1S/C26H34F3N3O/c1-5-7-21(15-25(33)24(30)16-23-17-31-18-32-23)13-11-19(3)9-10-20(4)12-14-22(8-6-2)26(27,28)29/h6-14,17-19,24H,5,15-16,30H2,1-4H3,(H,31,32)/b8-6-,10-9+,13-11-,20-12+,21-7+,22-14+. The molecule has 0 radical (unpaired) electrons. The van der Waals surface area contributed by atoms with Crippen LogP contribution in [-0.2, 0) is 11.2 Å². The van der Waals surface area contributed by atoms with E-state index in [0.29, 0.717) is 12.0 Å². The van der Waals surface area contributed by atoms with Gasteiger partial charge in [-0.05, 0) is 37.8 Å². The lowest BCUT2D eigenvalue weighted by Crippen LogP contribution is -2.32. The molecule has 0 aromatic carbocycles. The van der Waals surface area contributed by atoms with Crippen LogP contribution in [0.2, 0.25) is 0 Å². The van der Waals surface area contributed by atoms with Gasteiger partial charge in [0.15, 0.2) is 5.78 Å². The highest BCUT2D eigenvalue weighted by atomic mass is 19.4. The molecule has 1 aromatic heterocycles. The van der Waals surface area contributed by atoms with Gasteiger partial charge in [-0.1, -0.05) is 68.0 Å². The number of ketones is 1. The van der Waals surface area contributed by atoms with E-state index in [9.17, 15) is 18.0 Å². The Morgan fingerprint density at radius 3 is 2.48 bits per heavy atom. The SMILES string of the molecule is C\C=C/C(=C\C=C(C)\C=C\C(C)/C=C\C(=C/CC)CC(=O)C(N)Cc1c[nH]cn1)C(F)(F)F. The van der Waals surface area contributed by atoms with Crippen molar-refractivity contribution in [2.24, 2.45) is 11.7 Å². The molecule has 1 rings (SSSR count). The van der Waals surface area contributed by atoms with Crippen molar-refractivity contribution in [3.05, 3.63) is 89.6 Å². The van der Waals surface area contributed by atoms with Gasteiger partial charge in [-0.3, -0.25) is 4.79 Å². The summed E-state index contributed by atoms with van der Waals surface area (Å²) in [5, 5.41) is 0. The van der Waals surface area contributed by atoms with Crippen molar-refractivity contribution in [2.45, 2.75) is 59.2 Å². The average Bonchev–Trinajstić information content (AvgIpc) is 3.25. The number of nitrogens with one attached hydrogen (secondary N) is 1. The number of aromatic amines is 1. The first-order valence-corrected chi connectivity index (χ1v) is 11.0. The zero-order valence-corrected chi connectivity index (χ0v) is 19.7. The normalized spacial score (nSPS) is 16.3. The van der Waals surface area contributed by atoms with E-state index in [-0.39, 0.29) is 18.1 Å². The number of alkyl halides is 3. The molecule has 2 atom stereocenters. The molecule has 0 saturated carbocycles. The summed E-state index contributed by atoms with van der Waals surface area (Å²) in [6.45, 7) is 7.25. The van der Waals surface area contributed by atoms with Gasteiger partial charge in [0.25, 0.3) is 0 Å². The zero-order chi connectivity index (χ0) is 24.9. The van der Waals surface area contributed by atoms with Gasteiger partial charge in [-0.25, -0.2) is 4.98 Å². The summed E-state index contributed by atoms with van der Waals surface area (Å²) in [5.74, 6) is -0.0271. The van der Waals surface area contributed by atoms with E-state index in [4.69, 9.17) is 5.73 Å². The number of hydrogen-bond acceptors (Lipinski definition) is 3. The summed E-state index contributed by atoms with van der Waals surface area (Å²) in [6, 6.07) is -0.621. The van der Waals surface area contributed by atoms with Crippen LogP contribution in [0.1, 0.15) is 46.2 Å². The summed E-state index contributed by atoms with van der Waals surface area (Å²) in [7, 11) is 0. The van der Waals surface area contributed by atoms with E-state index < -0.39 is 17.8 Å². The lowest BCUT2D eigenvalue weighted by molar-refractivity contribution is -0.119. The molecule has 0 aliphatic carbocycles. The number of carbonyl (C=O) groups is 1. The number of hydrogen-bond donors (Lipinski definition) is 2. The van der Waals surface area contributed by atoms with Gasteiger partial charge < -0.3 is 10.7 Å². The van der Waals surface area contributed by atoms with Gasteiger partial charge in [0.05, 0.1) is 23.6 Å². The number of aromatic nitrogens is 2. The number of allylic oxidation sites excluding steroid dienone is 12. The van der Waals surface area contributed by atoms with Crippen LogP contribution in [0.15, 0.2) is 83.9 Å². The number of rotatable bonds is 12. The average molecular weight is 462 g/mol. The highest BCUT2D eigenvalue weighted by Crippen LogP contribution is 2.26. The lowest BCUT2D eigenvalue weighted by Gasteiger charge is -2.10. The third kappa shape index (κ3) is 11.5. The molecule has 0 aliphatic rings. The Balaban J connectivity index is 2.75. The Hall–Kier alpha value is -2.93. The van der Waals surface area contributed by atoms with Crippen molar-refractivity contribution >= 4 is 5.78 Å². The molecule has 0 spiro atoms. The molecule has 0 amide bonds. The fourth-order valence-electron chi connectivity index (χ4n) is 2.88. The summed E-state index contributed by atoms with van der Waals surface area (Å²) < 4.78 is 38.8. The van der Waals surface area contributed by atoms with Gasteiger partial charge in [-0.2, -0.15) is 13.2 Å². The van der Waals surface area contributed by atoms with E-state index in [1.165, 1.54) is 12.2 Å². The molecule has 0 fully saturated rings. The largest absolute Gasteiger partial charge is 0.416 e. The highest BCUT2D eigenvalue weighted by molar-refractivity contribution is 5.86. The highest BCUT2D eigenvalue weighted by Gasteiger charge is 2.30. The van der Waals surface area contributed by atoms with Crippen LogP contribution in [0.4, 0.5) is 13.2 Å². The number of Topliss-reactive ketones (excluding diaryl/α,β-unsaturated/α-hetero) is 1. The molecular weight excluding hydrogens is 427 g/mol. The predicted molar refractivity (Wildman–Crippen MR) is 128 cm³/mol. The minimum atomic E-state index is -4.39. The third-order valence-electron chi connectivity index (χ3n) is 4.72. The Morgan fingerprint density at radius 1 is 1.21 bits per heavy atom. The van der Waals surface area contributed by atoms with Crippen molar-refractivity contribution in [1.82, 2.24) is 9.97 Å². The van der Waals surface area contributed by atoms with Crippen LogP contribution < -0.4 is 5.73 Å². The van der Waals surface area contributed by atoms with Crippen molar-refractivity contribution < 1.29 is 18.0 Å². The van der Waals surface area contributed by atoms with E-state index in [0.717, 1.165) is 29.8 Å². The second kappa shape index (κ2) is 14.3. The van der Waals surface area contributed by atoms with Gasteiger partial charge in [0, 0.05) is 19.0 Å². The van der Waals surface area contributed by atoms with E-state index in [1.54, 1.807) is 32.4 Å². The first-order chi connectivity index (χ1) is 15.6. The van der Waals surface area contributed by atoms with E-state index >= 15 is 0 Å². The quantitative estimate of drug-likeness (QED) is 0.357. The maximum atomic E-state index is 12.9. The second-order valence-corrected chi connectivity index (χ2v) is 7.81. The molecule has 0 saturated heterocycles. The molecular formula is C26H34F3N3O. The fourth-order valence-corrected chi connectivity index (χ4v) is 2.88. The Kier molecular flexibility index (Phi) is 12.1. The molecule has 33 heavy (non-hydrogen) atoms. The van der Waals surface area contributed by atoms with Crippen molar-refractivity contribution in [1.29, 1.82) is 0 Å².